The standard InChI is InChI=1S/C29H26F3N4O3/c1-4-14-33-18-20-9-11-22(12-10-20)36-26(13-15-34-36)24-17-25(28(38)39-5-2)27(37)35(19(24)3)23-8-6-7-21(16-23)29(30,31)32/h6-13,15-17H,4-5,14H2,1-3H3/q+1. The van der Waals surface area contributed by atoms with Gasteiger partial charge < -0.3 is 4.74 Å². The Balaban J connectivity index is 1.91. The van der Waals surface area contributed by atoms with Gasteiger partial charge in [0, 0.05) is 23.4 Å². The number of pyridine rings is 1. The van der Waals surface area contributed by atoms with E-state index in [4.69, 9.17) is 4.74 Å². The Hall–Kier alpha value is -4.65. The van der Waals surface area contributed by atoms with Crippen LogP contribution < -0.4 is 5.56 Å². The maximum Gasteiger partial charge on any atom is 0.416 e. The second-order valence-electron chi connectivity index (χ2n) is 8.63. The Kier molecular flexibility index (Phi) is 8.00. The lowest BCUT2D eigenvalue weighted by molar-refractivity contribution is -0.137. The smallest absolute Gasteiger partial charge is 0.416 e. The minimum Gasteiger partial charge on any atom is -0.462 e. The molecule has 0 aliphatic heterocycles. The number of halogens is 3. The molecule has 39 heavy (non-hydrogen) atoms. The van der Waals surface area contributed by atoms with Crippen molar-refractivity contribution in [3.05, 3.63) is 104 Å². The molecule has 0 fully saturated rings. The van der Waals surface area contributed by atoms with Gasteiger partial charge in [-0.3, -0.25) is 9.36 Å². The fourth-order valence-corrected chi connectivity index (χ4v) is 4.10. The first kappa shape index (κ1) is 27.4. The summed E-state index contributed by atoms with van der Waals surface area (Å²) in [6.45, 7) is 5.93. The van der Waals surface area contributed by atoms with Crippen molar-refractivity contribution in [2.75, 3.05) is 13.2 Å². The van der Waals surface area contributed by atoms with Crippen molar-refractivity contribution in [3.63, 3.8) is 0 Å². The molecule has 0 radical (unpaired) electrons. The summed E-state index contributed by atoms with van der Waals surface area (Å²) in [6.07, 6.45) is -2.14. The number of carbonyl (C=O) groups is 1. The Morgan fingerprint density at radius 3 is 2.46 bits per heavy atom. The third-order valence-corrected chi connectivity index (χ3v) is 5.95. The van der Waals surface area contributed by atoms with Gasteiger partial charge in [-0.2, -0.15) is 18.3 Å². The first-order chi connectivity index (χ1) is 18.7. The van der Waals surface area contributed by atoms with Gasteiger partial charge in [-0.05, 0) is 68.4 Å². The van der Waals surface area contributed by atoms with Crippen molar-refractivity contribution < 1.29 is 22.7 Å². The fourth-order valence-electron chi connectivity index (χ4n) is 4.10. The molecule has 4 aromatic rings. The summed E-state index contributed by atoms with van der Waals surface area (Å²) in [7, 11) is 0. The summed E-state index contributed by atoms with van der Waals surface area (Å²) in [4.78, 5) is 30.4. The van der Waals surface area contributed by atoms with Gasteiger partial charge in [-0.1, -0.05) is 17.8 Å². The molecule has 0 aliphatic rings. The van der Waals surface area contributed by atoms with Crippen LogP contribution in [0, 0.1) is 13.0 Å². The van der Waals surface area contributed by atoms with E-state index in [1.165, 1.54) is 18.2 Å². The normalized spacial score (nSPS) is 11.1. The zero-order chi connectivity index (χ0) is 28.2. The van der Waals surface area contributed by atoms with Gasteiger partial charge in [-0.15, -0.1) is 0 Å². The van der Waals surface area contributed by atoms with Gasteiger partial charge in [0.25, 0.3) is 12.1 Å². The maximum absolute atomic E-state index is 13.5. The Bertz CT molecular complexity index is 1620. The van der Waals surface area contributed by atoms with Crippen LogP contribution in [-0.4, -0.2) is 33.5 Å². The van der Waals surface area contributed by atoms with Crippen LogP contribution in [0.15, 0.2) is 71.7 Å². The summed E-state index contributed by atoms with van der Waals surface area (Å²) in [5.41, 5.74) is 0.709. The number of esters is 1. The molecule has 200 valence electrons. The predicted octanol–water partition coefficient (Wildman–Crippen LogP) is 6.29. The van der Waals surface area contributed by atoms with E-state index in [0.29, 0.717) is 29.2 Å². The van der Waals surface area contributed by atoms with Crippen LogP contribution in [0.25, 0.3) is 27.5 Å². The number of benzene rings is 2. The first-order valence-electron chi connectivity index (χ1n) is 12.3. The highest BCUT2D eigenvalue weighted by Gasteiger charge is 2.31. The van der Waals surface area contributed by atoms with E-state index in [2.05, 4.69) is 16.0 Å². The maximum atomic E-state index is 13.5. The summed E-state index contributed by atoms with van der Waals surface area (Å²) in [6, 6.07) is 17.8. The van der Waals surface area contributed by atoms with Gasteiger partial charge in [0.2, 0.25) is 0 Å². The average Bonchev–Trinajstić information content (AvgIpc) is 3.39. The van der Waals surface area contributed by atoms with Crippen molar-refractivity contribution in [1.29, 1.82) is 0 Å². The number of alkyl halides is 3. The lowest BCUT2D eigenvalue weighted by atomic mass is 10.1. The molecule has 0 atom stereocenters. The van der Waals surface area contributed by atoms with Crippen molar-refractivity contribution >= 4 is 5.97 Å². The van der Waals surface area contributed by atoms with Crippen LogP contribution in [0.1, 0.15) is 47.4 Å². The molecule has 0 aliphatic carbocycles. The third-order valence-electron chi connectivity index (χ3n) is 5.95. The van der Waals surface area contributed by atoms with Gasteiger partial charge in [-0.25, -0.2) is 9.48 Å². The zero-order valence-electron chi connectivity index (χ0n) is 21.6. The Labute approximate surface area is 222 Å². The molecule has 0 saturated carbocycles. The number of aromatic nitrogens is 3. The number of nitrogens with zero attached hydrogens (tertiary/aromatic N) is 4. The molecule has 0 N–H and O–H groups in total. The molecular weight excluding hydrogens is 509 g/mol. The molecule has 0 unspecified atom stereocenters. The summed E-state index contributed by atoms with van der Waals surface area (Å²) < 4.78 is 48.2. The Morgan fingerprint density at radius 2 is 1.79 bits per heavy atom. The fraction of sp³-hybridized carbons (Fsp3) is 0.241. The van der Waals surface area contributed by atoms with Crippen LogP contribution in [0.4, 0.5) is 13.2 Å². The SMILES string of the molecule is CCC[N+]#Cc1ccc(-n2nccc2-c2cc(C(=O)OCC)c(=O)n(-c3cccc(C(F)(F)F)c3)c2C)cc1. The number of ether oxygens (including phenoxy) is 1. The number of rotatable bonds is 6. The molecule has 7 nitrogen and oxygen atoms in total. The van der Waals surface area contributed by atoms with E-state index in [0.717, 1.165) is 28.7 Å². The molecule has 10 heteroatoms. The molecular formula is C29H26F3N4O3+. The second kappa shape index (κ2) is 11.4. The highest BCUT2D eigenvalue weighted by Crippen LogP contribution is 2.32. The van der Waals surface area contributed by atoms with E-state index in [9.17, 15) is 22.8 Å². The highest BCUT2D eigenvalue weighted by atomic mass is 19.4. The van der Waals surface area contributed by atoms with Crippen molar-refractivity contribution in [2.45, 2.75) is 33.4 Å². The molecule has 2 aromatic carbocycles. The molecule has 0 amide bonds. The van der Waals surface area contributed by atoms with E-state index in [1.807, 2.05) is 31.2 Å². The first-order valence-corrected chi connectivity index (χ1v) is 12.3. The van der Waals surface area contributed by atoms with Gasteiger partial charge in [0.15, 0.2) is 0 Å². The lowest BCUT2D eigenvalue weighted by Gasteiger charge is -2.18. The Morgan fingerprint density at radius 1 is 1.05 bits per heavy atom. The van der Waals surface area contributed by atoms with E-state index < -0.39 is 23.3 Å². The van der Waals surface area contributed by atoms with Crippen LogP contribution in [0.2, 0.25) is 0 Å². The molecule has 0 bridgehead atoms. The molecule has 2 heterocycles. The minimum atomic E-state index is -4.61. The summed E-state index contributed by atoms with van der Waals surface area (Å²) in [5, 5.41) is 4.41. The quantitative estimate of drug-likeness (QED) is 0.272. The van der Waals surface area contributed by atoms with Crippen molar-refractivity contribution in [2.24, 2.45) is 0 Å². The topological polar surface area (TPSA) is 70.5 Å². The summed E-state index contributed by atoms with van der Waals surface area (Å²) in [5.74, 6) is -0.873. The van der Waals surface area contributed by atoms with Gasteiger partial charge >= 0.3 is 18.2 Å². The zero-order valence-corrected chi connectivity index (χ0v) is 21.6. The summed E-state index contributed by atoms with van der Waals surface area (Å²) >= 11 is 0. The second-order valence-corrected chi connectivity index (χ2v) is 8.63. The largest absolute Gasteiger partial charge is 0.462 e. The van der Waals surface area contributed by atoms with E-state index in [-0.39, 0.29) is 17.9 Å². The van der Waals surface area contributed by atoms with Crippen molar-refractivity contribution in [3.8, 4) is 28.7 Å². The van der Waals surface area contributed by atoms with Crippen LogP contribution in [-0.2, 0) is 10.9 Å². The minimum absolute atomic E-state index is 0.0217. The number of hydrogen-bond acceptors (Lipinski definition) is 4. The van der Waals surface area contributed by atoms with Crippen molar-refractivity contribution in [1.82, 2.24) is 14.3 Å². The van der Waals surface area contributed by atoms with Gasteiger partial charge in [0.05, 0.1) is 29.7 Å². The van der Waals surface area contributed by atoms with Crippen LogP contribution >= 0.6 is 0 Å². The monoisotopic (exact) mass is 535 g/mol. The van der Waals surface area contributed by atoms with Crippen LogP contribution in [0.5, 0.6) is 0 Å². The molecule has 2 aromatic heterocycles. The number of carbonyl (C=O) groups excluding carboxylic acids is 1. The molecule has 0 saturated heterocycles. The van der Waals surface area contributed by atoms with E-state index in [1.54, 1.807) is 30.8 Å². The van der Waals surface area contributed by atoms with E-state index >= 15 is 0 Å². The van der Waals surface area contributed by atoms with Crippen LogP contribution in [0.3, 0.4) is 0 Å². The third kappa shape index (κ3) is 5.77. The lowest BCUT2D eigenvalue weighted by Crippen LogP contribution is -2.29. The predicted molar refractivity (Wildman–Crippen MR) is 142 cm³/mol. The molecule has 4 rings (SSSR count). The van der Waals surface area contributed by atoms with Gasteiger partial charge in [0.1, 0.15) is 11.1 Å². The number of hydrogen-bond donors (Lipinski definition) is 0. The molecule has 0 spiro atoms. The highest BCUT2D eigenvalue weighted by molar-refractivity contribution is 5.91. The average molecular weight is 536 g/mol.